The molecule has 1 radical (unpaired) electrons. The maximum atomic E-state index is 4.08. The van der Waals surface area contributed by atoms with Gasteiger partial charge in [-0.2, -0.15) is 13.8 Å². The van der Waals surface area contributed by atoms with Crippen molar-refractivity contribution in [1.29, 1.82) is 0 Å². The average molecular weight is 316 g/mol. The van der Waals surface area contributed by atoms with E-state index < -0.39 is 0 Å². The Morgan fingerprint density at radius 2 is 2.08 bits per heavy atom. The van der Waals surface area contributed by atoms with E-state index in [0.29, 0.717) is 0 Å². The van der Waals surface area contributed by atoms with Crippen LogP contribution in [0.4, 0.5) is 0 Å². The molecule has 0 unspecified atom stereocenters. The van der Waals surface area contributed by atoms with Gasteiger partial charge < -0.3 is 24.9 Å². The van der Waals surface area contributed by atoms with Crippen LogP contribution in [0.25, 0.3) is 0 Å². The first-order chi connectivity index (χ1) is 4.31. The molecule has 0 heterocycles. The average Bonchev–Trinajstić information content (AvgIpc) is 1.89. The molecule has 0 rings (SSSR count). The third kappa shape index (κ3) is 17.6. The molecule has 0 N–H and O–H groups in total. The number of aliphatic imine (C=N–C) groups is 1. The van der Waals surface area contributed by atoms with Gasteiger partial charge in [0.25, 0.3) is 0 Å². The number of hydrogen-bond donors (Lipinski definition) is 0. The third-order valence-corrected chi connectivity index (χ3v) is 0.988. The Labute approximate surface area is 128 Å². The van der Waals surface area contributed by atoms with Gasteiger partial charge in [0.1, 0.15) is 0 Å². The van der Waals surface area contributed by atoms with Crippen LogP contribution in [0.2, 0.25) is 0 Å². The molecule has 0 aromatic carbocycles. The Kier molecular flexibility index (Phi) is 36.0. The molecular formula is C9H16NY2. The fraction of sp³-hybridized carbons (Fsp3) is 0.444. The van der Waals surface area contributed by atoms with Crippen LogP contribution < -0.4 is 0 Å². The molecule has 0 aromatic rings. The van der Waals surface area contributed by atoms with Gasteiger partial charge in [-0.3, -0.25) is 0 Å². The van der Waals surface area contributed by atoms with E-state index in [9.17, 15) is 0 Å². The van der Waals surface area contributed by atoms with Crippen LogP contribution >= 0.6 is 0 Å². The van der Waals surface area contributed by atoms with E-state index in [1.807, 2.05) is 27.0 Å². The van der Waals surface area contributed by atoms with Crippen LogP contribution in [0.15, 0.2) is 10.7 Å². The minimum absolute atomic E-state index is 0. The van der Waals surface area contributed by atoms with Crippen molar-refractivity contribution in [2.75, 3.05) is 0 Å². The van der Waals surface area contributed by atoms with E-state index in [1.165, 1.54) is 0 Å². The quantitative estimate of drug-likeness (QED) is 0.561. The van der Waals surface area contributed by atoms with Gasteiger partial charge in [0, 0.05) is 32.7 Å². The number of rotatable bonds is 3. The SMILES string of the molecule is C[C-]=C(C)N=CC[CH-]C.[CH3-].[Y+3].[Y]. The molecule has 1 nitrogen and oxygen atoms in total. The van der Waals surface area contributed by atoms with Crippen LogP contribution in [-0.4, -0.2) is 6.21 Å². The summed E-state index contributed by atoms with van der Waals surface area (Å²) in [6, 6.07) is 0. The van der Waals surface area contributed by atoms with Crippen molar-refractivity contribution in [2.45, 2.75) is 27.2 Å². The summed E-state index contributed by atoms with van der Waals surface area (Å²) in [5, 5.41) is 0. The van der Waals surface area contributed by atoms with E-state index in [2.05, 4.69) is 17.5 Å². The first-order valence-electron chi connectivity index (χ1n) is 3.13. The maximum Gasteiger partial charge on any atom is 3.00 e. The molecule has 0 saturated heterocycles. The minimum atomic E-state index is 0. The summed E-state index contributed by atoms with van der Waals surface area (Å²) in [6.45, 7) is 5.81. The van der Waals surface area contributed by atoms with Gasteiger partial charge in [0.15, 0.2) is 0 Å². The zero-order valence-corrected chi connectivity index (χ0v) is 14.1. The molecule has 3 heteroatoms. The number of allylic oxidation sites excluding steroid dienone is 2. The Morgan fingerprint density at radius 1 is 1.58 bits per heavy atom. The molecular weight excluding hydrogens is 300 g/mol. The summed E-state index contributed by atoms with van der Waals surface area (Å²) in [7, 11) is 0. The van der Waals surface area contributed by atoms with Crippen LogP contribution in [0, 0.1) is 19.9 Å². The van der Waals surface area contributed by atoms with E-state index >= 15 is 0 Å². The maximum absolute atomic E-state index is 4.08. The largest absolute Gasteiger partial charge is 3.00 e. The first kappa shape index (κ1) is 23.4. The summed E-state index contributed by atoms with van der Waals surface area (Å²) >= 11 is 0. The predicted octanol–water partition coefficient (Wildman–Crippen LogP) is 2.84. The number of nitrogens with zero attached hydrogens (tertiary/aromatic N) is 1. The van der Waals surface area contributed by atoms with Crippen LogP contribution in [0.1, 0.15) is 27.2 Å². The smallest absolute Gasteiger partial charge is 0.477 e. The molecule has 0 aliphatic rings. The Hall–Kier alpha value is 1.62. The van der Waals surface area contributed by atoms with Crippen LogP contribution in [0.5, 0.6) is 0 Å². The van der Waals surface area contributed by atoms with Crippen molar-refractivity contribution in [3.05, 3.63) is 25.6 Å². The normalized spacial score (nSPS) is 9.75. The van der Waals surface area contributed by atoms with Crippen molar-refractivity contribution in [3.8, 4) is 0 Å². The standard InChI is InChI=1S/C8H13N.CH3.2Y/c1-4-6-7-9-8(3)5-2;;;/h4,7H,6H2,1-3H3;1H3;;/q-2;-1;;+3. The second-order valence-electron chi connectivity index (χ2n) is 1.79. The van der Waals surface area contributed by atoms with Crippen LogP contribution in [-0.2, 0) is 65.4 Å². The molecule has 0 aromatic heterocycles. The number of unbranched alkanes of at least 4 members (excludes halogenated alkanes) is 1. The molecule has 0 aliphatic carbocycles. The van der Waals surface area contributed by atoms with Gasteiger partial charge >= 0.3 is 32.7 Å². The topological polar surface area (TPSA) is 12.4 Å². The van der Waals surface area contributed by atoms with E-state index in [1.54, 1.807) is 0 Å². The summed E-state index contributed by atoms with van der Waals surface area (Å²) < 4.78 is 0. The van der Waals surface area contributed by atoms with Gasteiger partial charge in [0.2, 0.25) is 0 Å². The van der Waals surface area contributed by atoms with E-state index in [0.717, 1.165) is 12.1 Å². The van der Waals surface area contributed by atoms with E-state index in [4.69, 9.17) is 0 Å². The number of hydrogen-bond acceptors (Lipinski definition) is 1. The van der Waals surface area contributed by atoms with Gasteiger partial charge in [-0.05, 0) is 6.21 Å². The molecule has 0 amide bonds. The second-order valence-corrected chi connectivity index (χ2v) is 1.79. The monoisotopic (exact) mass is 316 g/mol. The Bertz CT molecular complexity index is 120. The minimum Gasteiger partial charge on any atom is -0.477 e. The fourth-order valence-corrected chi connectivity index (χ4v) is 0.360. The van der Waals surface area contributed by atoms with Crippen molar-refractivity contribution in [3.63, 3.8) is 0 Å². The first-order valence-corrected chi connectivity index (χ1v) is 3.13. The van der Waals surface area contributed by atoms with Gasteiger partial charge in [-0.1, -0.05) is 6.92 Å². The van der Waals surface area contributed by atoms with Crippen LogP contribution in [0.3, 0.4) is 0 Å². The summed E-state index contributed by atoms with van der Waals surface area (Å²) in [5.74, 6) is 0. The Morgan fingerprint density at radius 3 is 2.42 bits per heavy atom. The third-order valence-electron chi connectivity index (χ3n) is 0.988. The zero-order valence-electron chi connectivity index (χ0n) is 8.46. The van der Waals surface area contributed by atoms with Crippen molar-refractivity contribution >= 4 is 6.21 Å². The molecule has 0 spiro atoms. The summed E-state index contributed by atoms with van der Waals surface area (Å²) in [5.41, 5.74) is 0.955. The van der Waals surface area contributed by atoms with Gasteiger partial charge in [0.05, 0.1) is 0 Å². The van der Waals surface area contributed by atoms with E-state index in [-0.39, 0.29) is 72.8 Å². The van der Waals surface area contributed by atoms with Crippen molar-refractivity contribution < 1.29 is 65.4 Å². The summed E-state index contributed by atoms with van der Waals surface area (Å²) in [6.07, 6.45) is 7.81. The van der Waals surface area contributed by atoms with Gasteiger partial charge in [-0.15, -0.1) is 12.1 Å². The zero-order chi connectivity index (χ0) is 7.11. The Balaban J connectivity index is -0.000000107. The molecule has 0 atom stereocenters. The van der Waals surface area contributed by atoms with Crippen molar-refractivity contribution in [1.82, 2.24) is 0 Å². The fourth-order valence-electron chi connectivity index (χ4n) is 0.360. The van der Waals surface area contributed by atoms with Gasteiger partial charge in [-0.25, -0.2) is 0 Å². The summed E-state index contributed by atoms with van der Waals surface area (Å²) in [4.78, 5) is 4.08. The molecule has 0 saturated carbocycles. The predicted molar refractivity (Wildman–Crippen MR) is 47.6 cm³/mol. The molecule has 0 bridgehead atoms. The molecule has 63 valence electrons. The second kappa shape index (κ2) is 18.4. The molecule has 12 heavy (non-hydrogen) atoms. The molecule has 0 fully saturated rings. The molecule has 0 aliphatic heterocycles. The van der Waals surface area contributed by atoms with Crippen molar-refractivity contribution in [2.24, 2.45) is 4.99 Å².